The van der Waals surface area contributed by atoms with Crippen molar-refractivity contribution in [2.75, 3.05) is 40.9 Å². The number of halogens is 1. The summed E-state index contributed by atoms with van der Waals surface area (Å²) in [6.07, 6.45) is 6.39. The van der Waals surface area contributed by atoms with Crippen molar-refractivity contribution in [1.29, 1.82) is 0 Å². The van der Waals surface area contributed by atoms with Crippen LogP contribution in [0.2, 0.25) is 5.02 Å². The zero-order valence-electron chi connectivity index (χ0n) is 21.1. The number of benzene rings is 3. The van der Waals surface area contributed by atoms with E-state index in [1.54, 1.807) is 56.7 Å². The Bertz CT molecular complexity index is 1310. The van der Waals surface area contributed by atoms with E-state index in [1.807, 2.05) is 6.08 Å². The smallest absolute Gasteiger partial charge is 0.203 e. The Morgan fingerprint density at radius 3 is 2.00 bits per heavy atom. The fourth-order valence-electron chi connectivity index (χ4n) is 3.54. The maximum atomic E-state index is 12.6. The van der Waals surface area contributed by atoms with Gasteiger partial charge in [-0.1, -0.05) is 23.8 Å². The lowest BCUT2D eigenvalue weighted by Crippen LogP contribution is -1.99. The van der Waals surface area contributed by atoms with Gasteiger partial charge in [-0.2, -0.15) is 0 Å². The average molecular weight is 526 g/mol. The number of methoxy groups -OCH3 is 5. The fraction of sp³-hybridized carbons (Fsp3) is 0.179. The molecule has 0 aliphatic rings. The molecule has 0 bridgehead atoms. The largest absolute Gasteiger partial charge is 0.503 e. The lowest BCUT2D eigenvalue weighted by Gasteiger charge is -2.13. The molecule has 0 aliphatic heterocycles. The number of nitrogens with one attached hydrogen (secondary N) is 1. The zero-order chi connectivity index (χ0) is 26.9. The molecule has 0 aliphatic carbocycles. The van der Waals surface area contributed by atoms with Gasteiger partial charge in [0.15, 0.2) is 28.8 Å². The molecular formula is C28H28ClNO7. The van der Waals surface area contributed by atoms with Crippen LogP contribution >= 0.6 is 11.6 Å². The van der Waals surface area contributed by atoms with Crippen LogP contribution in [0.5, 0.6) is 34.5 Å². The molecule has 0 radical (unpaired) electrons. The first-order valence-electron chi connectivity index (χ1n) is 11.1. The van der Waals surface area contributed by atoms with Gasteiger partial charge in [-0.15, -0.1) is 0 Å². The predicted molar refractivity (Wildman–Crippen MR) is 145 cm³/mol. The van der Waals surface area contributed by atoms with Crippen molar-refractivity contribution < 1.29 is 33.6 Å². The number of carbonyl (C=O) groups excluding carboxylic acids is 1. The maximum absolute atomic E-state index is 12.6. The molecule has 0 unspecified atom stereocenters. The third-order valence-electron chi connectivity index (χ3n) is 5.43. The van der Waals surface area contributed by atoms with Gasteiger partial charge in [-0.25, -0.2) is 0 Å². The Morgan fingerprint density at radius 2 is 1.43 bits per heavy atom. The van der Waals surface area contributed by atoms with Crippen LogP contribution in [0.1, 0.15) is 21.5 Å². The van der Waals surface area contributed by atoms with Gasteiger partial charge in [-0.05, 0) is 48.0 Å². The highest BCUT2D eigenvalue weighted by Crippen LogP contribution is 2.40. The lowest BCUT2D eigenvalue weighted by atomic mass is 10.1. The molecule has 37 heavy (non-hydrogen) atoms. The quantitative estimate of drug-likeness (QED) is 0.135. The summed E-state index contributed by atoms with van der Waals surface area (Å²) in [5.74, 6) is 1.86. The van der Waals surface area contributed by atoms with Gasteiger partial charge in [-0.3, -0.25) is 4.79 Å². The molecule has 0 aromatic heterocycles. The van der Waals surface area contributed by atoms with Crippen LogP contribution in [-0.2, 0) is 0 Å². The normalized spacial score (nSPS) is 11.0. The Labute approximate surface area is 220 Å². The molecule has 3 aromatic rings. The molecule has 8 nitrogen and oxygen atoms in total. The zero-order valence-corrected chi connectivity index (χ0v) is 21.9. The summed E-state index contributed by atoms with van der Waals surface area (Å²) in [6, 6.07) is 11.8. The van der Waals surface area contributed by atoms with E-state index in [0.29, 0.717) is 44.8 Å². The van der Waals surface area contributed by atoms with Crippen molar-refractivity contribution >= 4 is 35.2 Å². The molecule has 0 saturated carbocycles. The summed E-state index contributed by atoms with van der Waals surface area (Å²) in [5, 5.41) is 14.1. The van der Waals surface area contributed by atoms with E-state index in [0.717, 1.165) is 5.56 Å². The van der Waals surface area contributed by atoms with E-state index in [1.165, 1.54) is 39.7 Å². The first kappa shape index (κ1) is 27.3. The summed E-state index contributed by atoms with van der Waals surface area (Å²) in [5.41, 5.74) is 2.15. The summed E-state index contributed by atoms with van der Waals surface area (Å²) in [6.45, 7) is 0. The minimum Gasteiger partial charge on any atom is -0.503 e. The number of rotatable bonds is 11. The number of aromatic hydroxyl groups is 1. The van der Waals surface area contributed by atoms with Crippen molar-refractivity contribution in [3.8, 4) is 34.5 Å². The van der Waals surface area contributed by atoms with Crippen molar-refractivity contribution in [2.45, 2.75) is 0 Å². The van der Waals surface area contributed by atoms with Gasteiger partial charge in [0.25, 0.3) is 0 Å². The van der Waals surface area contributed by atoms with E-state index in [2.05, 4.69) is 5.32 Å². The van der Waals surface area contributed by atoms with Crippen molar-refractivity contribution in [2.24, 2.45) is 0 Å². The molecule has 0 fully saturated rings. The second kappa shape index (κ2) is 12.6. The summed E-state index contributed by atoms with van der Waals surface area (Å²) >= 11 is 6.12. The summed E-state index contributed by atoms with van der Waals surface area (Å²) in [4.78, 5) is 12.6. The number of ketones is 1. The highest BCUT2D eigenvalue weighted by molar-refractivity contribution is 6.32. The molecule has 9 heteroatoms. The molecule has 2 N–H and O–H groups in total. The average Bonchev–Trinajstić information content (AvgIpc) is 2.92. The van der Waals surface area contributed by atoms with Gasteiger partial charge < -0.3 is 34.1 Å². The summed E-state index contributed by atoms with van der Waals surface area (Å²) < 4.78 is 26.6. The second-order valence-electron chi connectivity index (χ2n) is 7.56. The van der Waals surface area contributed by atoms with Gasteiger partial charge in [0, 0.05) is 23.4 Å². The molecule has 0 saturated heterocycles. The first-order chi connectivity index (χ1) is 17.9. The van der Waals surface area contributed by atoms with Crippen LogP contribution in [0.15, 0.2) is 54.7 Å². The van der Waals surface area contributed by atoms with E-state index < -0.39 is 0 Å². The minimum atomic E-state index is -0.283. The topological polar surface area (TPSA) is 95.5 Å². The van der Waals surface area contributed by atoms with Crippen molar-refractivity contribution in [3.63, 3.8) is 0 Å². The SMILES string of the molecule is COc1ccc(C(=O)/C=C\Nc2c(/C=C\c3cc(OC)c(OC)c(OC)c3)ccc(OC)c2O)cc1Cl. The fourth-order valence-corrected chi connectivity index (χ4v) is 3.80. The molecule has 3 rings (SSSR count). The number of ether oxygens (including phenoxy) is 5. The van der Waals surface area contributed by atoms with E-state index in [4.69, 9.17) is 35.3 Å². The monoisotopic (exact) mass is 525 g/mol. The van der Waals surface area contributed by atoms with Crippen LogP contribution in [0, 0.1) is 0 Å². The third-order valence-corrected chi connectivity index (χ3v) is 5.73. The third kappa shape index (κ3) is 6.29. The Hall–Kier alpha value is -4.30. The Morgan fingerprint density at radius 1 is 0.811 bits per heavy atom. The van der Waals surface area contributed by atoms with Crippen LogP contribution in [0.25, 0.3) is 12.2 Å². The predicted octanol–water partition coefficient (Wildman–Crippen LogP) is 6.07. The van der Waals surface area contributed by atoms with Gasteiger partial charge >= 0.3 is 0 Å². The molecule has 0 amide bonds. The Balaban J connectivity index is 1.90. The van der Waals surface area contributed by atoms with Crippen LogP contribution in [0.3, 0.4) is 0 Å². The highest BCUT2D eigenvalue weighted by Gasteiger charge is 2.14. The molecular weight excluding hydrogens is 498 g/mol. The maximum Gasteiger partial charge on any atom is 0.203 e. The molecule has 3 aromatic carbocycles. The van der Waals surface area contributed by atoms with E-state index in [-0.39, 0.29) is 17.3 Å². The molecule has 0 spiro atoms. The van der Waals surface area contributed by atoms with Gasteiger partial charge in [0.1, 0.15) is 5.75 Å². The Kier molecular flexibility index (Phi) is 9.29. The van der Waals surface area contributed by atoms with Crippen molar-refractivity contribution in [1.82, 2.24) is 0 Å². The number of allylic oxidation sites excluding steroid dienone is 1. The number of anilines is 1. The van der Waals surface area contributed by atoms with E-state index >= 15 is 0 Å². The first-order valence-corrected chi connectivity index (χ1v) is 11.4. The van der Waals surface area contributed by atoms with Gasteiger partial charge in [0.05, 0.1) is 46.3 Å². The van der Waals surface area contributed by atoms with Crippen LogP contribution in [-0.4, -0.2) is 46.4 Å². The minimum absolute atomic E-state index is 0.112. The standard InChI is InChI=1S/C28H28ClNO7/c1-33-22-10-9-19(16-20(22)29)21(31)12-13-30-26-18(8-11-23(34-2)27(26)32)7-6-17-14-24(35-3)28(37-5)25(15-17)36-4/h6-16,30,32H,1-5H3/b7-6-,13-12-. The van der Waals surface area contributed by atoms with Gasteiger partial charge in [0.2, 0.25) is 5.75 Å². The number of hydrogen-bond acceptors (Lipinski definition) is 8. The molecule has 194 valence electrons. The molecule has 0 heterocycles. The second-order valence-corrected chi connectivity index (χ2v) is 7.97. The van der Waals surface area contributed by atoms with E-state index in [9.17, 15) is 9.90 Å². The number of hydrogen-bond donors (Lipinski definition) is 2. The van der Waals surface area contributed by atoms with Crippen molar-refractivity contribution in [3.05, 3.63) is 76.5 Å². The lowest BCUT2D eigenvalue weighted by molar-refractivity contribution is 0.104. The van der Waals surface area contributed by atoms with Crippen LogP contribution < -0.4 is 29.0 Å². The number of carbonyl (C=O) groups is 1. The highest BCUT2D eigenvalue weighted by atomic mass is 35.5. The molecule has 0 atom stereocenters. The summed E-state index contributed by atoms with van der Waals surface area (Å²) in [7, 11) is 7.58. The van der Waals surface area contributed by atoms with Crippen LogP contribution in [0.4, 0.5) is 5.69 Å². The number of phenolic OH excluding ortho intramolecular Hbond substituents is 1. The number of phenols is 1.